The Morgan fingerprint density at radius 3 is 2.29 bits per heavy atom. The first kappa shape index (κ1) is 29.4. The summed E-state index contributed by atoms with van der Waals surface area (Å²) in [5, 5.41) is 17.5. The van der Waals surface area contributed by atoms with E-state index in [-0.39, 0.29) is 56.1 Å². The molecule has 1 fully saturated rings. The number of β-amino-alcohol motifs (C(OH)–C–C–N with tert-alkyl or cyclic N) is 1. The molecule has 4 atom stereocenters. The second-order valence-electron chi connectivity index (χ2n) is 9.36. The van der Waals surface area contributed by atoms with E-state index in [1.165, 1.54) is 6.92 Å². The van der Waals surface area contributed by atoms with Crippen molar-refractivity contribution in [2.75, 3.05) is 13.1 Å². The molecule has 0 radical (unpaired) electrons. The van der Waals surface area contributed by atoms with Crippen LogP contribution in [0.15, 0.2) is 0 Å². The van der Waals surface area contributed by atoms with Crippen molar-refractivity contribution in [3.05, 3.63) is 0 Å². The Morgan fingerprint density at radius 2 is 1.76 bits per heavy atom. The summed E-state index contributed by atoms with van der Waals surface area (Å²) < 4.78 is 0. The SMILES string of the molecule is CC(=O)CNC(=O)[C@H](CC(=O)[C@H](CCC(N)=O)NC(=O)CCC(=O)[C@H]1C[C@H](O)CN1)CC(C)C. The Morgan fingerprint density at radius 1 is 1.09 bits per heavy atom. The van der Waals surface area contributed by atoms with Crippen molar-refractivity contribution in [2.24, 2.45) is 17.6 Å². The van der Waals surface area contributed by atoms with Crippen LogP contribution in [0, 0.1) is 11.8 Å². The summed E-state index contributed by atoms with van der Waals surface area (Å²) in [7, 11) is 0. The number of rotatable bonds is 16. The molecule has 0 bridgehead atoms. The first-order valence-electron chi connectivity index (χ1n) is 11.7. The summed E-state index contributed by atoms with van der Waals surface area (Å²) in [5.41, 5.74) is 5.20. The van der Waals surface area contributed by atoms with Gasteiger partial charge in [-0.15, -0.1) is 0 Å². The van der Waals surface area contributed by atoms with Gasteiger partial charge in [-0.2, -0.15) is 0 Å². The van der Waals surface area contributed by atoms with Crippen LogP contribution < -0.4 is 21.7 Å². The van der Waals surface area contributed by atoms with Gasteiger partial charge < -0.3 is 26.8 Å². The lowest BCUT2D eigenvalue weighted by molar-refractivity contribution is -0.133. The molecule has 3 amide bonds. The lowest BCUT2D eigenvalue weighted by Gasteiger charge is -2.22. The van der Waals surface area contributed by atoms with Crippen molar-refractivity contribution in [3.63, 3.8) is 0 Å². The van der Waals surface area contributed by atoms with Crippen LogP contribution in [0.1, 0.15) is 65.7 Å². The largest absolute Gasteiger partial charge is 0.392 e. The van der Waals surface area contributed by atoms with Gasteiger partial charge in [-0.3, -0.25) is 28.8 Å². The van der Waals surface area contributed by atoms with Crippen molar-refractivity contribution in [1.82, 2.24) is 16.0 Å². The van der Waals surface area contributed by atoms with Crippen LogP contribution in [0.2, 0.25) is 0 Å². The summed E-state index contributed by atoms with van der Waals surface area (Å²) in [4.78, 5) is 72.6. The monoisotopic (exact) mass is 482 g/mol. The number of aliphatic hydroxyl groups excluding tert-OH is 1. The number of primary amides is 1. The molecule has 192 valence electrons. The van der Waals surface area contributed by atoms with E-state index in [0.717, 1.165) is 0 Å². The molecule has 6 N–H and O–H groups in total. The van der Waals surface area contributed by atoms with Gasteiger partial charge in [-0.1, -0.05) is 13.8 Å². The molecular weight excluding hydrogens is 444 g/mol. The predicted octanol–water partition coefficient (Wildman–Crippen LogP) is -0.864. The van der Waals surface area contributed by atoms with Crippen LogP contribution >= 0.6 is 0 Å². The molecule has 1 aliphatic heterocycles. The number of Topliss-reactive ketones (excluding diaryl/α,β-unsaturated/α-hetero) is 3. The highest BCUT2D eigenvalue weighted by Crippen LogP contribution is 2.18. The highest BCUT2D eigenvalue weighted by atomic mass is 16.3. The number of hydrogen-bond acceptors (Lipinski definition) is 8. The smallest absolute Gasteiger partial charge is 0.223 e. The fourth-order valence-corrected chi connectivity index (χ4v) is 3.83. The van der Waals surface area contributed by atoms with Crippen molar-refractivity contribution >= 4 is 35.1 Å². The standard InChI is InChI=1S/C23H38N4O7/c1-13(2)8-15(23(34)26-11-14(3)28)9-20(31)17(4-6-21(24)32)27-22(33)7-5-19(30)18-10-16(29)12-25-18/h13,15-18,25,29H,4-12H2,1-3H3,(H2,24,32)(H,26,34)(H,27,33)/t15-,16-,17-,18+/m0/s1. The minimum Gasteiger partial charge on any atom is -0.392 e. The van der Waals surface area contributed by atoms with Crippen molar-refractivity contribution < 1.29 is 33.9 Å². The normalized spacial score (nSPS) is 19.3. The van der Waals surface area contributed by atoms with Gasteiger partial charge in [0.2, 0.25) is 17.7 Å². The molecule has 1 rings (SSSR count). The Bertz CT molecular complexity index is 768. The minimum absolute atomic E-state index is 0.0201. The molecule has 11 heteroatoms. The van der Waals surface area contributed by atoms with E-state index in [2.05, 4.69) is 16.0 Å². The number of carbonyl (C=O) groups is 6. The summed E-state index contributed by atoms with van der Waals surface area (Å²) in [6, 6.07) is -1.53. The Balaban J connectivity index is 2.76. The fourth-order valence-electron chi connectivity index (χ4n) is 3.83. The third kappa shape index (κ3) is 11.5. The lowest BCUT2D eigenvalue weighted by atomic mass is 9.88. The maximum Gasteiger partial charge on any atom is 0.223 e. The molecule has 0 saturated carbocycles. The minimum atomic E-state index is -1.03. The number of carbonyl (C=O) groups excluding carboxylic acids is 6. The maximum absolute atomic E-state index is 13.0. The topological polar surface area (TPSA) is 185 Å². The quantitative estimate of drug-likeness (QED) is 0.188. The van der Waals surface area contributed by atoms with Gasteiger partial charge in [0.15, 0.2) is 5.78 Å². The van der Waals surface area contributed by atoms with Crippen molar-refractivity contribution in [2.45, 2.75) is 83.9 Å². The summed E-state index contributed by atoms with van der Waals surface area (Å²) in [6.45, 7) is 5.33. The number of nitrogens with one attached hydrogen (secondary N) is 3. The van der Waals surface area contributed by atoms with E-state index in [4.69, 9.17) is 5.73 Å². The average molecular weight is 483 g/mol. The number of aliphatic hydroxyl groups is 1. The summed E-state index contributed by atoms with van der Waals surface area (Å²) in [6.07, 6.45) is -0.431. The second-order valence-corrected chi connectivity index (χ2v) is 9.36. The van der Waals surface area contributed by atoms with Crippen LogP contribution in [0.4, 0.5) is 0 Å². The van der Waals surface area contributed by atoms with Gasteiger partial charge in [-0.05, 0) is 32.1 Å². The molecule has 34 heavy (non-hydrogen) atoms. The number of nitrogens with two attached hydrogens (primary N) is 1. The van der Waals surface area contributed by atoms with Crippen LogP contribution in [0.5, 0.6) is 0 Å². The van der Waals surface area contributed by atoms with Crippen LogP contribution in [-0.4, -0.2) is 71.5 Å². The highest BCUT2D eigenvalue weighted by molar-refractivity contribution is 5.94. The van der Waals surface area contributed by atoms with Gasteiger partial charge in [-0.25, -0.2) is 0 Å². The molecule has 11 nitrogen and oxygen atoms in total. The summed E-state index contributed by atoms with van der Waals surface area (Å²) in [5.74, 6) is -3.02. The molecule has 0 aliphatic carbocycles. The fraction of sp³-hybridized carbons (Fsp3) is 0.739. The zero-order chi connectivity index (χ0) is 25.8. The molecule has 1 heterocycles. The molecule has 0 aromatic rings. The van der Waals surface area contributed by atoms with Crippen LogP contribution in [0.3, 0.4) is 0 Å². The van der Waals surface area contributed by atoms with E-state index in [1.54, 1.807) is 0 Å². The molecular formula is C23H38N4O7. The van der Waals surface area contributed by atoms with Crippen LogP contribution in [0.25, 0.3) is 0 Å². The third-order valence-electron chi connectivity index (χ3n) is 5.58. The molecule has 1 aliphatic rings. The number of hydrogen-bond donors (Lipinski definition) is 5. The van der Waals surface area contributed by atoms with Gasteiger partial charge in [0, 0.05) is 38.1 Å². The molecule has 0 aromatic carbocycles. The van der Waals surface area contributed by atoms with Crippen LogP contribution in [-0.2, 0) is 28.8 Å². The van der Waals surface area contributed by atoms with Gasteiger partial charge >= 0.3 is 0 Å². The molecule has 0 spiro atoms. The second kappa shape index (κ2) is 14.6. The molecule has 1 saturated heterocycles. The van der Waals surface area contributed by atoms with Gasteiger partial charge in [0.1, 0.15) is 11.6 Å². The Kier molecular flexibility index (Phi) is 12.6. The van der Waals surface area contributed by atoms with Crippen molar-refractivity contribution in [3.8, 4) is 0 Å². The first-order chi connectivity index (χ1) is 15.9. The zero-order valence-corrected chi connectivity index (χ0v) is 20.2. The number of amides is 3. The van der Waals surface area contributed by atoms with Crippen molar-refractivity contribution in [1.29, 1.82) is 0 Å². The Labute approximate surface area is 200 Å². The third-order valence-corrected chi connectivity index (χ3v) is 5.58. The van der Waals surface area contributed by atoms with E-state index in [1.807, 2.05) is 13.8 Å². The average Bonchev–Trinajstić information content (AvgIpc) is 3.18. The van der Waals surface area contributed by atoms with E-state index in [0.29, 0.717) is 19.4 Å². The van der Waals surface area contributed by atoms with E-state index in [9.17, 15) is 33.9 Å². The summed E-state index contributed by atoms with van der Waals surface area (Å²) >= 11 is 0. The first-order valence-corrected chi connectivity index (χ1v) is 11.7. The van der Waals surface area contributed by atoms with E-state index >= 15 is 0 Å². The Hall–Kier alpha value is -2.66. The lowest BCUT2D eigenvalue weighted by Crippen LogP contribution is -2.44. The molecule has 0 aromatic heterocycles. The highest BCUT2D eigenvalue weighted by Gasteiger charge is 2.30. The maximum atomic E-state index is 13.0. The predicted molar refractivity (Wildman–Crippen MR) is 123 cm³/mol. The number of ketones is 3. The molecule has 0 unspecified atom stereocenters. The zero-order valence-electron chi connectivity index (χ0n) is 20.2. The van der Waals surface area contributed by atoms with Gasteiger partial charge in [0.25, 0.3) is 0 Å². The van der Waals surface area contributed by atoms with E-state index < -0.39 is 47.6 Å². The van der Waals surface area contributed by atoms with Gasteiger partial charge in [0.05, 0.1) is 24.7 Å².